The quantitative estimate of drug-likeness (QED) is 0.706. The van der Waals surface area contributed by atoms with E-state index in [1.54, 1.807) is 0 Å². The molecular formula is C14H22O. The Morgan fingerprint density at radius 3 is 2.20 bits per heavy atom. The summed E-state index contributed by atoms with van der Waals surface area (Å²) in [6, 6.07) is 8.24. The van der Waals surface area contributed by atoms with Gasteiger partial charge in [-0.25, -0.2) is 0 Å². The van der Waals surface area contributed by atoms with Crippen molar-refractivity contribution in [1.29, 1.82) is 0 Å². The summed E-state index contributed by atoms with van der Waals surface area (Å²) in [5, 5.41) is 0. The fourth-order valence-electron chi connectivity index (χ4n) is 1.33. The van der Waals surface area contributed by atoms with Crippen LogP contribution in [0.5, 0.6) is 5.75 Å². The second kappa shape index (κ2) is 5.79. The highest BCUT2D eigenvalue weighted by molar-refractivity contribution is 5.26. The predicted octanol–water partition coefficient (Wildman–Crippen LogP) is 4.06. The lowest BCUT2D eigenvalue weighted by atomic mass is 9.95. The van der Waals surface area contributed by atoms with Gasteiger partial charge in [0.05, 0.1) is 6.61 Å². The summed E-state index contributed by atoms with van der Waals surface area (Å²) in [5.41, 5.74) is 1.28. The zero-order valence-corrected chi connectivity index (χ0v) is 10.3. The number of ether oxygens (including phenoxy) is 1. The van der Waals surface area contributed by atoms with Crippen molar-refractivity contribution in [1.82, 2.24) is 0 Å². The van der Waals surface area contributed by atoms with E-state index in [0.29, 0.717) is 0 Å². The standard InChI is InChI=1S/C14H22O/c1-11(2)13(4)9-10-15-14-7-5-12(3)6-8-14/h5-8,11,13H,9-10H2,1-4H3. The van der Waals surface area contributed by atoms with Crippen molar-refractivity contribution < 1.29 is 4.74 Å². The SMILES string of the molecule is Cc1ccc(OCCC(C)C(C)C)cc1. The van der Waals surface area contributed by atoms with E-state index in [1.807, 2.05) is 12.1 Å². The van der Waals surface area contributed by atoms with Gasteiger partial charge in [0, 0.05) is 0 Å². The molecule has 1 nitrogen and oxygen atoms in total. The Morgan fingerprint density at radius 1 is 1.07 bits per heavy atom. The minimum absolute atomic E-state index is 0.732. The van der Waals surface area contributed by atoms with Crippen molar-refractivity contribution in [3.05, 3.63) is 29.8 Å². The van der Waals surface area contributed by atoms with Gasteiger partial charge in [0.15, 0.2) is 0 Å². The number of rotatable bonds is 5. The van der Waals surface area contributed by atoms with E-state index in [9.17, 15) is 0 Å². The second-order valence-electron chi connectivity index (χ2n) is 4.67. The lowest BCUT2D eigenvalue weighted by Crippen LogP contribution is -2.09. The first-order valence-corrected chi connectivity index (χ1v) is 5.79. The van der Waals surface area contributed by atoms with Crippen LogP contribution < -0.4 is 4.74 Å². The molecule has 0 fully saturated rings. The molecule has 0 aliphatic carbocycles. The lowest BCUT2D eigenvalue weighted by molar-refractivity contribution is 0.259. The minimum atomic E-state index is 0.732. The molecule has 0 spiro atoms. The van der Waals surface area contributed by atoms with Crippen molar-refractivity contribution in [2.24, 2.45) is 11.8 Å². The molecule has 1 heteroatoms. The molecular weight excluding hydrogens is 184 g/mol. The first kappa shape index (κ1) is 12.1. The molecule has 84 valence electrons. The molecule has 1 aromatic rings. The third kappa shape index (κ3) is 4.37. The van der Waals surface area contributed by atoms with E-state index >= 15 is 0 Å². The van der Waals surface area contributed by atoms with Gasteiger partial charge >= 0.3 is 0 Å². The zero-order chi connectivity index (χ0) is 11.3. The Hall–Kier alpha value is -0.980. The molecule has 0 radical (unpaired) electrons. The minimum Gasteiger partial charge on any atom is -0.494 e. The molecule has 0 saturated heterocycles. The first-order valence-electron chi connectivity index (χ1n) is 5.79. The largest absolute Gasteiger partial charge is 0.494 e. The van der Waals surface area contributed by atoms with Crippen LogP contribution in [0.15, 0.2) is 24.3 Å². The van der Waals surface area contributed by atoms with Crippen molar-refractivity contribution in [3.63, 3.8) is 0 Å². The molecule has 15 heavy (non-hydrogen) atoms. The maximum atomic E-state index is 5.68. The summed E-state index contributed by atoms with van der Waals surface area (Å²) >= 11 is 0. The summed E-state index contributed by atoms with van der Waals surface area (Å²) in [5.74, 6) is 2.46. The highest BCUT2D eigenvalue weighted by Crippen LogP contribution is 2.16. The van der Waals surface area contributed by atoms with Crippen molar-refractivity contribution in [3.8, 4) is 5.75 Å². The van der Waals surface area contributed by atoms with Gasteiger partial charge in [-0.2, -0.15) is 0 Å². The van der Waals surface area contributed by atoms with Crippen molar-refractivity contribution in [2.75, 3.05) is 6.61 Å². The predicted molar refractivity (Wildman–Crippen MR) is 65.3 cm³/mol. The van der Waals surface area contributed by atoms with Crippen LogP contribution in [0.2, 0.25) is 0 Å². The van der Waals surface area contributed by atoms with Gasteiger partial charge in [-0.3, -0.25) is 0 Å². The monoisotopic (exact) mass is 206 g/mol. The molecule has 1 atom stereocenters. The van der Waals surface area contributed by atoms with Gasteiger partial charge in [0.2, 0.25) is 0 Å². The van der Waals surface area contributed by atoms with E-state index in [-0.39, 0.29) is 0 Å². The molecule has 0 aromatic heterocycles. The third-order valence-electron chi connectivity index (χ3n) is 3.00. The second-order valence-corrected chi connectivity index (χ2v) is 4.67. The molecule has 0 N–H and O–H groups in total. The van der Waals surface area contributed by atoms with Crippen LogP contribution in [0, 0.1) is 18.8 Å². The van der Waals surface area contributed by atoms with Crippen LogP contribution in [-0.4, -0.2) is 6.61 Å². The molecule has 0 bridgehead atoms. The fourth-order valence-corrected chi connectivity index (χ4v) is 1.33. The van der Waals surface area contributed by atoms with Gasteiger partial charge in [-0.1, -0.05) is 38.5 Å². The summed E-state index contributed by atoms with van der Waals surface area (Å²) in [6.07, 6.45) is 1.13. The van der Waals surface area contributed by atoms with E-state index in [2.05, 4.69) is 39.8 Å². The first-order chi connectivity index (χ1) is 7.09. The Bertz CT molecular complexity index is 274. The van der Waals surface area contributed by atoms with Crippen LogP contribution in [0.3, 0.4) is 0 Å². The van der Waals surface area contributed by atoms with Gasteiger partial charge in [-0.15, -0.1) is 0 Å². The van der Waals surface area contributed by atoms with Crippen LogP contribution in [-0.2, 0) is 0 Å². The van der Waals surface area contributed by atoms with Crippen LogP contribution in [0.25, 0.3) is 0 Å². The molecule has 1 rings (SSSR count). The lowest BCUT2D eigenvalue weighted by Gasteiger charge is -2.15. The van der Waals surface area contributed by atoms with E-state index < -0.39 is 0 Å². The molecule has 0 amide bonds. The van der Waals surface area contributed by atoms with Gasteiger partial charge in [0.25, 0.3) is 0 Å². The zero-order valence-electron chi connectivity index (χ0n) is 10.3. The molecule has 1 unspecified atom stereocenters. The van der Waals surface area contributed by atoms with Crippen LogP contribution in [0.1, 0.15) is 32.8 Å². The molecule has 0 aliphatic heterocycles. The number of hydrogen-bond acceptors (Lipinski definition) is 1. The van der Waals surface area contributed by atoms with Crippen LogP contribution >= 0.6 is 0 Å². The molecule has 0 aliphatic rings. The number of hydrogen-bond donors (Lipinski definition) is 0. The Balaban J connectivity index is 2.29. The number of benzene rings is 1. The van der Waals surface area contributed by atoms with Crippen molar-refractivity contribution in [2.45, 2.75) is 34.1 Å². The highest BCUT2D eigenvalue weighted by atomic mass is 16.5. The summed E-state index contributed by atoms with van der Waals surface area (Å²) in [4.78, 5) is 0. The van der Waals surface area contributed by atoms with Crippen LogP contribution in [0.4, 0.5) is 0 Å². The topological polar surface area (TPSA) is 9.23 Å². The fraction of sp³-hybridized carbons (Fsp3) is 0.571. The Morgan fingerprint density at radius 2 is 1.67 bits per heavy atom. The molecule has 0 heterocycles. The maximum absolute atomic E-state index is 5.68. The highest BCUT2D eigenvalue weighted by Gasteiger charge is 2.06. The van der Waals surface area contributed by atoms with E-state index in [0.717, 1.165) is 30.6 Å². The normalized spacial score (nSPS) is 12.9. The number of aryl methyl sites for hydroxylation is 1. The maximum Gasteiger partial charge on any atom is 0.119 e. The average Bonchev–Trinajstić information content (AvgIpc) is 2.20. The van der Waals surface area contributed by atoms with Gasteiger partial charge in [0.1, 0.15) is 5.75 Å². The molecule has 0 saturated carbocycles. The summed E-state index contributed by atoms with van der Waals surface area (Å²) < 4.78 is 5.68. The average molecular weight is 206 g/mol. The summed E-state index contributed by atoms with van der Waals surface area (Å²) in [7, 11) is 0. The third-order valence-corrected chi connectivity index (χ3v) is 3.00. The summed E-state index contributed by atoms with van der Waals surface area (Å²) in [6.45, 7) is 9.71. The molecule has 1 aromatic carbocycles. The van der Waals surface area contributed by atoms with Gasteiger partial charge in [-0.05, 0) is 37.3 Å². The van der Waals surface area contributed by atoms with E-state index in [1.165, 1.54) is 5.56 Å². The Kier molecular flexibility index (Phi) is 4.67. The van der Waals surface area contributed by atoms with Crippen molar-refractivity contribution >= 4 is 0 Å². The van der Waals surface area contributed by atoms with Gasteiger partial charge < -0.3 is 4.74 Å². The Labute approximate surface area is 93.5 Å². The van der Waals surface area contributed by atoms with E-state index in [4.69, 9.17) is 4.74 Å². The smallest absolute Gasteiger partial charge is 0.119 e.